The number of amides is 2. The fourth-order valence-corrected chi connectivity index (χ4v) is 3.59. The highest BCUT2D eigenvalue weighted by Crippen LogP contribution is 2.30. The van der Waals surface area contributed by atoms with Crippen molar-refractivity contribution in [1.29, 1.82) is 0 Å². The molecule has 27 heavy (non-hydrogen) atoms. The van der Waals surface area contributed by atoms with Crippen LogP contribution < -0.4 is 10.2 Å². The van der Waals surface area contributed by atoms with E-state index in [0.717, 1.165) is 22.2 Å². The average molecular weight is 380 g/mol. The van der Waals surface area contributed by atoms with Gasteiger partial charge >= 0.3 is 0 Å². The minimum Gasteiger partial charge on any atom is -0.352 e. The molecule has 0 bridgehead atoms. The van der Waals surface area contributed by atoms with Gasteiger partial charge in [-0.25, -0.2) is 0 Å². The van der Waals surface area contributed by atoms with E-state index in [1.165, 1.54) is 0 Å². The quantitative estimate of drug-likeness (QED) is 0.754. The summed E-state index contributed by atoms with van der Waals surface area (Å²) in [6, 6.07) is 16.9. The van der Waals surface area contributed by atoms with E-state index in [1.807, 2.05) is 48.5 Å². The molecule has 0 aliphatic carbocycles. The normalized spacial score (nSPS) is 16.7. The molecule has 4 rings (SSSR count). The summed E-state index contributed by atoms with van der Waals surface area (Å²) >= 11 is 6.13. The second-order valence-corrected chi connectivity index (χ2v) is 6.97. The molecule has 1 fully saturated rings. The predicted octanol–water partition coefficient (Wildman–Crippen LogP) is 3.56. The molecule has 0 spiro atoms. The van der Waals surface area contributed by atoms with E-state index in [1.54, 1.807) is 17.2 Å². The Morgan fingerprint density at radius 1 is 1.15 bits per heavy atom. The molecular formula is C21H18ClN3O2. The van der Waals surface area contributed by atoms with Crippen molar-refractivity contribution < 1.29 is 9.59 Å². The van der Waals surface area contributed by atoms with Gasteiger partial charge in [0.15, 0.2) is 0 Å². The standard InChI is InChI=1S/C21H18ClN3O2/c22-17-8-2-1-5-15(17)12-24-21(27)16-11-19(26)25(13-16)18-9-3-6-14-7-4-10-23-20(14)18/h1-10,16H,11-13H2,(H,24,27). The molecule has 1 aliphatic heterocycles. The zero-order valence-electron chi connectivity index (χ0n) is 14.6. The number of benzene rings is 2. The molecule has 6 heteroatoms. The van der Waals surface area contributed by atoms with Crippen LogP contribution in [-0.4, -0.2) is 23.3 Å². The van der Waals surface area contributed by atoms with E-state index in [9.17, 15) is 9.59 Å². The van der Waals surface area contributed by atoms with Crippen LogP contribution in [-0.2, 0) is 16.1 Å². The van der Waals surface area contributed by atoms with Crippen LogP contribution in [0.4, 0.5) is 5.69 Å². The van der Waals surface area contributed by atoms with Gasteiger partial charge in [-0.05, 0) is 23.8 Å². The summed E-state index contributed by atoms with van der Waals surface area (Å²) in [5, 5.41) is 4.48. The number of rotatable bonds is 4. The maximum Gasteiger partial charge on any atom is 0.227 e. The lowest BCUT2D eigenvalue weighted by Crippen LogP contribution is -2.32. The van der Waals surface area contributed by atoms with E-state index < -0.39 is 0 Å². The van der Waals surface area contributed by atoms with Gasteiger partial charge in [0.1, 0.15) is 0 Å². The van der Waals surface area contributed by atoms with Crippen LogP contribution in [0.1, 0.15) is 12.0 Å². The first-order valence-corrected chi connectivity index (χ1v) is 9.16. The van der Waals surface area contributed by atoms with Gasteiger partial charge in [-0.1, -0.05) is 48.0 Å². The molecule has 1 saturated heterocycles. The number of carbonyl (C=O) groups excluding carboxylic acids is 2. The number of aromatic nitrogens is 1. The van der Waals surface area contributed by atoms with Crippen LogP contribution >= 0.6 is 11.6 Å². The van der Waals surface area contributed by atoms with Crippen molar-refractivity contribution in [2.45, 2.75) is 13.0 Å². The molecule has 2 heterocycles. The molecule has 1 unspecified atom stereocenters. The smallest absolute Gasteiger partial charge is 0.227 e. The van der Waals surface area contributed by atoms with E-state index in [2.05, 4.69) is 10.3 Å². The Kier molecular flexibility index (Phi) is 4.77. The number of para-hydroxylation sites is 1. The maximum atomic E-state index is 12.6. The van der Waals surface area contributed by atoms with Crippen LogP contribution in [0.3, 0.4) is 0 Å². The van der Waals surface area contributed by atoms with Crippen LogP contribution in [0.25, 0.3) is 10.9 Å². The van der Waals surface area contributed by atoms with Gasteiger partial charge in [0.2, 0.25) is 11.8 Å². The molecule has 1 aromatic heterocycles. The number of fused-ring (bicyclic) bond motifs is 1. The number of halogens is 1. The molecule has 2 aromatic carbocycles. The van der Waals surface area contributed by atoms with Gasteiger partial charge < -0.3 is 10.2 Å². The Morgan fingerprint density at radius 2 is 1.96 bits per heavy atom. The molecule has 5 nitrogen and oxygen atoms in total. The van der Waals surface area contributed by atoms with Crippen LogP contribution in [0.5, 0.6) is 0 Å². The highest BCUT2D eigenvalue weighted by Gasteiger charge is 2.35. The summed E-state index contributed by atoms with van der Waals surface area (Å²) < 4.78 is 0. The lowest BCUT2D eigenvalue weighted by Gasteiger charge is -2.18. The van der Waals surface area contributed by atoms with Crippen LogP contribution in [0.15, 0.2) is 60.8 Å². The van der Waals surface area contributed by atoms with Gasteiger partial charge in [0, 0.05) is 36.1 Å². The van der Waals surface area contributed by atoms with Crippen molar-refractivity contribution in [3.63, 3.8) is 0 Å². The third-order valence-corrected chi connectivity index (χ3v) is 5.18. The Labute approximate surface area is 162 Å². The number of carbonyl (C=O) groups is 2. The van der Waals surface area contributed by atoms with Gasteiger partial charge in [0.05, 0.1) is 17.1 Å². The first-order chi connectivity index (χ1) is 13.1. The van der Waals surface area contributed by atoms with Crippen molar-refractivity contribution in [3.8, 4) is 0 Å². The molecule has 0 radical (unpaired) electrons. The minimum atomic E-state index is -0.390. The topological polar surface area (TPSA) is 62.3 Å². The number of hydrogen-bond acceptors (Lipinski definition) is 3. The number of hydrogen-bond donors (Lipinski definition) is 1. The average Bonchev–Trinajstić information content (AvgIpc) is 3.08. The first-order valence-electron chi connectivity index (χ1n) is 8.79. The summed E-state index contributed by atoms with van der Waals surface area (Å²) in [5.74, 6) is -0.594. The van der Waals surface area contributed by atoms with E-state index in [4.69, 9.17) is 11.6 Å². The highest BCUT2D eigenvalue weighted by molar-refractivity contribution is 6.31. The van der Waals surface area contributed by atoms with Crippen molar-refractivity contribution in [2.75, 3.05) is 11.4 Å². The second kappa shape index (κ2) is 7.37. The minimum absolute atomic E-state index is 0.0638. The van der Waals surface area contributed by atoms with E-state index in [0.29, 0.717) is 18.1 Å². The van der Waals surface area contributed by atoms with E-state index >= 15 is 0 Å². The summed E-state index contributed by atoms with van der Waals surface area (Å²) in [5.41, 5.74) is 2.37. The number of pyridine rings is 1. The van der Waals surface area contributed by atoms with Gasteiger partial charge in [-0.15, -0.1) is 0 Å². The summed E-state index contributed by atoms with van der Waals surface area (Å²) in [7, 11) is 0. The number of nitrogens with one attached hydrogen (secondary N) is 1. The number of anilines is 1. The first kappa shape index (κ1) is 17.5. The van der Waals surface area contributed by atoms with Gasteiger partial charge in [0.25, 0.3) is 0 Å². The Morgan fingerprint density at radius 3 is 2.81 bits per heavy atom. The summed E-state index contributed by atoms with van der Waals surface area (Å²) in [6.07, 6.45) is 1.90. The number of nitrogens with zero attached hydrogens (tertiary/aromatic N) is 2. The molecule has 0 saturated carbocycles. The van der Waals surface area contributed by atoms with Gasteiger partial charge in [-0.3, -0.25) is 14.6 Å². The van der Waals surface area contributed by atoms with Crippen LogP contribution in [0, 0.1) is 5.92 Å². The maximum absolute atomic E-state index is 12.6. The molecule has 3 aromatic rings. The van der Waals surface area contributed by atoms with Gasteiger partial charge in [-0.2, -0.15) is 0 Å². The molecular weight excluding hydrogens is 362 g/mol. The molecule has 1 atom stereocenters. The third-order valence-electron chi connectivity index (χ3n) is 4.81. The van der Waals surface area contributed by atoms with E-state index in [-0.39, 0.29) is 24.2 Å². The second-order valence-electron chi connectivity index (χ2n) is 6.57. The molecule has 136 valence electrons. The Balaban J connectivity index is 1.49. The SMILES string of the molecule is O=C(NCc1ccccc1Cl)C1CC(=O)N(c2cccc3cccnc23)C1. The van der Waals surface area contributed by atoms with Crippen molar-refractivity contribution in [3.05, 3.63) is 71.4 Å². The monoisotopic (exact) mass is 379 g/mol. The Hall–Kier alpha value is -2.92. The molecule has 2 amide bonds. The fourth-order valence-electron chi connectivity index (χ4n) is 3.39. The zero-order chi connectivity index (χ0) is 18.8. The van der Waals surface area contributed by atoms with Crippen LogP contribution in [0.2, 0.25) is 5.02 Å². The molecule has 1 aliphatic rings. The Bertz CT molecular complexity index is 1020. The lowest BCUT2D eigenvalue weighted by atomic mass is 10.1. The summed E-state index contributed by atoms with van der Waals surface area (Å²) in [6.45, 7) is 0.696. The largest absolute Gasteiger partial charge is 0.352 e. The molecule has 1 N–H and O–H groups in total. The van der Waals surface area contributed by atoms with Crippen molar-refractivity contribution >= 4 is 40.0 Å². The highest BCUT2D eigenvalue weighted by atomic mass is 35.5. The predicted molar refractivity (Wildman–Crippen MR) is 106 cm³/mol. The van der Waals surface area contributed by atoms with Crippen molar-refractivity contribution in [2.24, 2.45) is 5.92 Å². The van der Waals surface area contributed by atoms with Crippen molar-refractivity contribution in [1.82, 2.24) is 10.3 Å². The third kappa shape index (κ3) is 3.51. The summed E-state index contributed by atoms with van der Waals surface area (Å²) in [4.78, 5) is 31.2. The zero-order valence-corrected chi connectivity index (χ0v) is 15.3. The fraction of sp³-hybridized carbons (Fsp3) is 0.190. The lowest BCUT2D eigenvalue weighted by molar-refractivity contribution is -0.126.